The number of para-hydroxylation sites is 2. The molecule has 0 aliphatic rings. The molecule has 6 aromatic rings. The van der Waals surface area contributed by atoms with Gasteiger partial charge in [-0.25, -0.2) is 4.99 Å². The van der Waals surface area contributed by atoms with Crippen LogP contribution in [0.25, 0.3) is 38.9 Å². The highest BCUT2D eigenvalue weighted by molar-refractivity contribution is 9.11. The fraction of sp³-hybridized carbons (Fsp3) is 0.372. The van der Waals surface area contributed by atoms with Crippen LogP contribution < -0.4 is 27.1 Å². The Hall–Kier alpha value is -3.95. The van der Waals surface area contributed by atoms with Gasteiger partial charge in [0.2, 0.25) is 5.88 Å². The molecular formula is C43H48Br2N4O3. The summed E-state index contributed by atoms with van der Waals surface area (Å²) < 4.78 is 4.26. The first-order valence-electron chi connectivity index (χ1n) is 18.8. The Bertz CT molecular complexity index is 2410. The molecule has 4 aromatic carbocycles. The Kier molecular flexibility index (Phi) is 12.5. The van der Waals surface area contributed by atoms with E-state index >= 15 is 0 Å². The highest BCUT2D eigenvalue weighted by atomic mass is 79.9. The summed E-state index contributed by atoms with van der Waals surface area (Å²) in [7, 11) is 0. The lowest BCUT2D eigenvalue weighted by molar-refractivity contribution is 0.407. The predicted molar refractivity (Wildman–Crippen MR) is 225 cm³/mol. The van der Waals surface area contributed by atoms with Crippen molar-refractivity contribution in [3.63, 3.8) is 0 Å². The molecule has 0 saturated carbocycles. The zero-order chi connectivity index (χ0) is 36.8. The number of hydrogen-bond donors (Lipinski definition) is 2. The molecule has 6 rings (SSSR count). The highest BCUT2D eigenvalue weighted by Crippen LogP contribution is 2.44. The van der Waals surface area contributed by atoms with Gasteiger partial charge in [-0.15, -0.1) is 0 Å². The van der Waals surface area contributed by atoms with Gasteiger partial charge in [0, 0.05) is 40.3 Å². The minimum absolute atomic E-state index is 0.0151. The Labute approximate surface area is 321 Å². The largest absolute Gasteiger partial charge is 0.494 e. The molecule has 0 radical (unpaired) electrons. The van der Waals surface area contributed by atoms with Crippen LogP contribution in [0.2, 0.25) is 0 Å². The maximum atomic E-state index is 14.6. The van der Waals surface area contributed by atoms with Gasteiger partial charge in [0.15, 0.2) is 0 Å². The van der Waals surface area contributed by atoms with E-state index < -0.39 is 0 Å². The van der Waals surface area contributed by atoms with Crippen molar-refractivity contribution in [2.45, 2.75) is 104 Å². The number of hydrogen-bond acceptors (Lipinski definition) is 5. The summed E-state index contributed by atoms with van der Waals surface area (Å²) in [6, 6.07) is 19.3. The van der Waals surface area contributed by atoms with Crippen molar-refractivity contribution in [2.75, 3.05) is 5.32 Å². The van der Waals surface area contributed by atoms with Crippen LogP contribution in [0, 0.1) is 0 Å². The number of halogens is 2. The molecule has 0 atom stereocenters. The van der Waals surface area contributed by atoms with E-state index in [9.17, 15) is 14.7 Å². The third-order valence-electron chi connectivity index (χ3n) is 10.1. The van der Waals surface area contributed by atoms with Crippen molar-refractivity contribution in [3.8, 4) is 5.88 Å². The van der Waals surface area contributed by atoms with Crippen LogP contribution in [0.4, 0.5) is 17.1 Å². The predicted octanol–water partition coefficient (Wildman–Crippen LogP) is 11.0. The number of rotatable bonds is 17. The molecule has 0 fully saturated rings. The molecule has 9 heteroatoms. The number of anilines is 2. The van der Waals surface area contributed by atoms with Crippen molar-refractivity contribution in [3.05, 3.63) is 101 Å². The van der Waals surface area contributed by atoms with Gasteiger partial charge in [-0.05, 0) is 69.0 Å². The summed E-state index contributed by atoms with van der Waals surface area (Å²) in [6.07, 6.45) is 12.8. The van der Waals surface area contributed by atoms with Crippen molar-refractivity contribution in [2.24, 2.45) is 4.99 Å². The minimum atomic E-state index is -0.366. The Morgan fingerprint density at radius 2 is 1.13 bits per heavy atom. The zero-order valence-corrected chi connectivity index (χ0v) is 33.4. The van der Waals surface area contributed by atoms with E-state index in [1.54, 1.807) is 0 Å². The van der Waals surface area contributed by atoms with E-state index in [4.69, 9.17) is 4.99 Å². The molecule has 2 aromatic heterocycles. The second-order valence-corrected chi connectivity index (χ2v) is 15.3. The molecule has 0 aliphatic heterocycles. The van der Waals surface area contributed by atoms with Crippen LogP contribution in [0.15, 0.2) is 84.2 Å². The molecular weight excluding hydrogens is 780 g/mol. The van der Waals surface area contributed by atoms with E-state index in [0.29, 0.717) is 71.0 Å². The van der Waals surface area contributed by atoms with Gasteiger partial charge in [-0.1, -0.05) is 121 Å². The average molecular weight is 829 g/mol. The first-order chi connectivity index (χ1) is 25.3. The SMILES string of the molecule is C=c1c2c(Nc3ccccc3)c(Br)c3c(=O)n(CCCCCCCC)c(=O)c4c(Br)c(=Nc5ccccc5)c(c(O)n1CCCCCCCC)c2c34. The van der Waals surface area contributed by atoms with Crippen molar-refractivity contribution in [1.29, 1.82) is 0 Å². The third-order valence-corrected chi connectivity index (χ3v) is 11.7. The Balaban J connectivity index is 1.71. The first-order valence-corrected chi connectivity index (χ1v) is 20.4. The maximum Gasteiger partial charge on any atom is 0.262 e. The summed E-state index contributed by atoms with van der Waals surface area (Å²) in [6.45, 7) is 9.83. The van der Waals surface area contributed by atoms with Gasteiger partial charge in [-0.2, -0.15) is 0 Å². The quantitative estimate of drug-likeness (QED) is 0.0708. The van der Waals surface area contributed by atoms with Crippen molar-refractivity contribution >= 4 is 87.8 Å². The number of nitrogens with one attached hydrogen (secondary N) is 1. The molecule has 2 N–H and O–H groups in total. The lowest BCUT2D eigenvalue weighted by atomic mass is 9.93. The van der Waals surface area contributed by atoms with Crippen molar-refractivity contribution in [1.82, 2.24) is 9.13 Å². The number of aromatic hydroxyl groups is 1. The third kappa shape index (κ3) is 7.44. The molecule has 0 spiro atoms. The fourth-order valence-corrected chi connectivity index (χ4v) is 8.73. The molecule has 7 nitrogen and oxygen atoms in total. The minimum Gasteiger partial charge on any atom is -0.494 e. The van der Waals surface area contributed by atoms with Gasteiger partial charge in [0.25, 0.3) is 11.1 Å². The molecule has 0 unspecified atom stereocenters. The lowest BCUT2D eigenvalue weighted by Gasteiger charge is -2.23. The van der Waals surface area contributed by atoms with E-state index in [1.807, 2.05) is 65.2 Å². The monoisotopic (exact) mass is 826 g/mol. The molecule has 0 aliphatic carbocycles. The van der Waals surface area contributed by atoms with Crippen LogP contribution >= 0.6 is 31.9 Å². The zero-order valence-electron chi connectivity index (χ0n) is 30.2. The van der Waals surface area contributed by atoms with E-state index in [0.717, 1.165) is 62.4 Å². The average Bonchev–Trinajstić information content (AvgIpc) is 3.14. The lowest BCUT2D eigenvalue weighted by Crippen LogP contribution is -2.35. The van der Waals surface area contributed by atoms with Gasteiger partial charge in [-0.3, -0.25) is 14.2 Å². The topological polar surface area (TPSA) is 88.6 Å². The summed E-state index contributed by atoms with van der Waals surface area (Å²) in [5.41, 5.74) is 1.44. The van der Waals surface area contributed by atoms with Gasteiger partial charge < -0.3 is 15.0 Å². The molecule has 52 heavy (non-hydrogen) atoms. The van der Waals surface area contributed by atoms with E-state index in [2.05, 4.69) is 57.6 Å². The standard InChI is InChI=1S/C43H48Br2N4O3/c1-4-6-8-10-12-20-26-48-28(3)31-32-33-34(37(44)39(31)46-29-22-16-14-17-23-29)41(50)49(27-21-13-11-9-7-5-2)42(51)35(33)38(45)40(36(32)43(48)52)47-30-24-18-15-19-25-30/h14-19,22-25,46,52H,3-13,20-21,26-27H2,1-2H3. The van der Waals surface area contributed by atoms with Crippen LogP contribution in [0.1, 0.15) is 90.9 Å². The molecule has 0 saturated heterocycles. The maximum absolute atomic E-state index is 14.6. The number of nitrogens with zero attached hydrogens (tertiary/aromatic N) is 3. The summed E-state index contributed by atoms with van der Waals surface area (Å²) in [4.78, 5) is 34.3. The van der Waals surface area contributed by atoms with Crippen LogP contribution in [0.3, 0.4) is 0 Å². The highest BCUT2D eigenvalue weighted by Gasteiger charge is 2.29. The van der Waals surface area contributed by atoms with Crippen LogP contribution in [-0.2, 0) is 13.1 Å². The summed E-state index contributed by atoms with van der Waals surface area (Å²) >= 11 is 7.71. The second kappa shape index (κ2) is 17.3. The molecule has 272 valence electrons. The van der Waals surface area contributed by atoms with Gasteiger partial charge >= 0.3 is 0 Å². The van der Waals surface area contributed by atoms with Gasteiger partial charge in [0.1, 0.15) is 0 Å². The number of pyridine rings is 2. The molecule has 2 heterocycles. The number of unbranched alkanes of at least 4 members (excludes halogenated alkanes) is 10. The van der Waals surface area contributed by atoms with Gasteiger partial charge in [0.05, 0.1) is 41.8 Å². The fourth-order valence-electron chi connectivity index (χ4n) is 7.41. The second-order valence-electron chi connectivity index (χ2n) is 13.8. The van der Waals surface area contributed by atoms with Crippen LogP contribution in [0.5, 0.6) is 5.88 Å². The smallest absolute Gasteiger partial charge is 0.262 e. The molecule has 0 amide bonds. The number of aromatic nitrogens is 2. The summed E-state index contributed by atoms with van der Waals surface area (Å²) in [5.74, 6) is 0.0151. The number of benzene rings is 4. The normalized spacial score (nSPS) is 12.2. The first kappa shape index (κ1) is 37.8. The van der Waals surface area contributed by atoms with E-state index in [-0.39, 0.29) is 17.0 Å². The van der Waals surface area contributed by atoms with Crippen LogP contribution in [-0.4, -0.2) is 14.2 Å². The molecule has 0 bridgehead atoms. The summed E-state index contributed by atoms with van der Waals surface area (Å²) in [5, 5.41) is 20.0. The Morgan fingerprint density at radius 1 is 0.635 bits per heavy atom. The van der Waals surface area contributed by atoms with E-state index in [1.165, 1.54) is 30.3 Å². The van der Waals surface area contributed by atoms with Crippen molar-refractivity contribution < 1.29 is 5.11 Å². The Morgan fingerprint density at radius 3 is 1.73 bits per heavy atom.